The molecule has 0 amide bonds. The van der Waals surface area contributed by atoms with Crippen LogP contribution in [0.3, 0.4) is 0 Å². The number of methoxy groups -OCH3 is 1. The van der Waals surface area contributed by atoms with E-state index in [1.54, 1.807) is 0 Å². The second-order valence-corrected chi connectivity index (χ2v) is 4.63. The van der Waals surface area contributed by atoms with Crippen molar-refractivity contribution >= 4 is 5.78 Å². The van der Waals surface area contributed by atoms with Gasteiger partial charge in [-0.25, -0.2) is 9.97 Å². The standard InChI is InChI=1S/C15H13F3N2O3/c1-9(21)12-5-10(11-6-19-14(22-2)20-7-11)3-4-13(12)23-8-15(16,17)18/h3-7H,8H2,1-2H3. The molecule has 0 aliphatic carbocycles. The summed E-state index contributed by atoms with van der Waals surface area (Å²) < 4.78 is 46.3. The summed E-state index contributed by atoms with van der Waals surface area (Å²) in [4.78, 5) is 19.5. The highest BCUT2D eigenvalue weighted by molar-refractivity contribution is 5.98. The van der Waals surface area contributed by atoms with Gasteiger partial charge >= 0.3 is 12.2 Å². The highest BCUT2D eigenvalue weighted by Crippen LogP contribution is 2.28. The second kappa shape index (κ2) is 6.64. The Bertz CT molecular complexity index is 700. The molecule has 0 unspecified atom stereocenters. The highest BCUT2D eigenvalue weighted by Gasteiger charge is 2.29. The molecule has 1 heterocycles. The molecule has 2 aromatic rings. The third-order valence-corrected chi connectivity index (χ3v) is 2.89. The number of hydrogen-bond donors (Lipinski definition) is 0. The molecule has 0 spiro atoms. The van der Waals surface area contributed by atoms with Crippen molar-refractivity contribution in [3.8, 4) is 22.9 Å². The van der Waals surface area contributed by atoms with Gasteiger partial charge in [0.2, 0.25) is 0 Å². The van der Waals surface area contributed by atoms with Crippen LogP contribution in [0.1, 0.15) is 17.3 Å². The molecule has 2 rings (SSSR count). The Hall–Kier alpha value is -2.64. The maximum absolute atomic E-state index is 12.3. The lowest BCUT2D eigenvalue weighted by atomic mass is 10.0. The van der Waals surface area contributed by atoms with Crippen LogP contribution < -0.4 is 9.47 Å². The van der Waals surface area contributed by atoms with Crippen LogP contribution in [0.5, 0.6) is 11.8 Å². The van der Waals surface area contributed by atoms with E-state index < -0.39 is 18.6 Å². The van der Waals surface area contributed by atoms with Gasteiger partial charge in [-0.1, -0.05) is 6.07 Å². The van der Waals surface area contributed by atoms with E-state index >= 15 is 0 Å². The largest absolute Gasteiger partial charge is 0.483 e. The quantitative estimate of drug-likeness (QED) is 0.789. The van der Waals surface area contributed by atoms with Crippen LogP contribution in [-0.2, 0) is 0 Å². The van der Waals surface area contributed by atoms with E-state index in [0.717, 1.165) is 0 Å². The topological polar surface area (TPSA) is 61.3 Å². The lowest BCUT2D eigenvalue weighted by Gasteiger charge is -2.13. The first-order chi connectivity index (χ1) is 10.8. The van der Waals surface area contributed by atoms with Gasteiger partial charge in [0, 0.05) is 18.0 Å². The van der Waals surface area contributed by atoms with Crippen molar-refractivity contribution in [3.05, 3.63) is 36.2 Å². The summed E-state index contributed by atoms with van der Waals surface area (Å²) >= 11 is 0. The molecule has 0 saturated heterocycles. The normalized spacial score (nSPS) is 11.2. The average molecular weight is 326 g/mol. The van der Waals surface area contributed by atoms with E-state index in [1.165, 1.54) is 44.6 Å². The van der Waals surface area contributed by atoms with Crippen molar-refractivity contribution in [1.82, 2.24) is 9.97 Å². The first kappa shape index (κ1) is 16.7. The predicted octanol–water partition coefficient (Wildman–Crippen LogP) is 3.30. The van der Waals surface area contributed by atoms with Crippen molar-refractivity contribution in [1.29, 1.82) is 0 Å². The molecule has 0 aliphatic heterocycles. The number of rotatable bonds is 5. The maximum Gasteiger partial charge on any atom is 0.422 e. The smallest absolute Gasteiger partial charge is 0.422 e. The Kier molecular flexibility index (Phi) is 4.83. The van der Waals surface area contributed by atoms with Gasteiger partial charge in [0.1, 0.15) is 5.75 Å². The molecular formula is C15H13F3N2O3. The monoisotopic (exact) mass is 326 g/mol. The summed E-state index contributed by atoms with van der Waals surface area (Å²) in [5.41, 5.74) is 1.23. The van der Waals surface area contributed by atoms with Crippen LogP contribution in [0.4, 0.5) is 13.2 Å². The molecule has 1 aromatic carbocycles. The molecule has 0 atom stereocenters. The van der Waals surface area contributed by atoms with Crippen LogP contribution >= 0.6 is 0 Å². The van der Waals surface area contributed by atoms with Crippen LogP contribution in [0.25, 0.3) is 11.1 Å². The van der Waals surface area contributed by atoms with Gasteiger partial charge in [0.05, 0.1) is 12.7 Å². The number of ketones is 1. The molecule has 8 heteroatoms. The number of carbonyl (C=O) groups excluding carboxylic acids is 1. The van der Waals surface area contributed by atoms with E-state index in [9.17, 15) is 18.0 Å². The van der Waals surface area contributed by atoms with Gasteiger partial charge in [0.15, 0.2) is 12.4 Å². The number of benzene rings is 1. The average Bonchev–Trinajstić information content (AvgIpc) is 2.52. The Morgan fingerprint density at radius 1 is 1.17 bits per heavy atom. The molecule has 0 saturated carbocycles. The zero-order chi connectivity index (χ0) is 17.0. The Morgan fingerprint density at radius 2 is 1.83 bits per heavy atom. The fraction of sp³-hybridized carbons (Fsp3) is 0.267. The van der Waals surface area contributed by atoms with E-state index in [2.05, 4.69) is 9.97 Å². The van der Waals surface area contributed by atoms with Gasteiger partial charge in [-0.15, -0.1) is 0 Å². The molecule has 122 valence electrons. The molecule has 0 fully saturated rings. The lowest BCUT2D eigenvalue weighted by molar-refractivity contribution is -0.153. The van der Waals surface area contributed by atoms with Crippen molar-refractivity contribution < 1.29 is 27.4 Å². The van der Waals surface area contributed by atoms with E-state index in [-0.39, 0.29) is 17.3 Å². The zero-order valence-electron chi connectivity index (χ0n) is 12.3. The Morgan fingerprint density at radius 3 is 2.35 bits per heavy atom. The summed E-state index contributed by atoms with van der Waals surface area (Å²) in [6.07, 6.45) is -1.50. The van der Waals surface area contributed by atoms with Crippen LogP contribution in [0, 0.1) is 0 Å². The third kappa shape index (κ3) is 4.41. The summed E-state index contributed by atoms with van der Waals surface area (Å²) in [5, 5.41) is 0. The fourth-order valence-electron chi connectivity index (χ4n) is 1.84. The number of carbonyl (C=O) groups is 1. The minimum absolute atomic E-state index is 0.0579. The number of nitrogens with zero attached hydrogens (tertiary/aromatic N) is 2. The molecule has 5 nitrogen and oxygen atoms in total. The van der Waals surface area contributed by atoms with E-state index in [1.807, 2.05) is 0 Å². The molecular weight excluding hydrogens is 313 g/mol. The zero-order valence-corrected chi connectivity index (χ0v) is 12.3. The minimum atomic E-state index is -4.48. The van der Waals surface area contributed by atoms with Gasteiger partial charge in [-0.2, -0.15) is 13.2 Å². The first-order valence-corrected chi connectivity index (χ1v) is 6.51. The van der Waals surface area contributed by atoms with Crippen molar-refractivity contribution in [2.75, 3.05) is 13.7 Å². The van der Waals surface area contributed by atoms with Crippen molar-refractivity contribution in [2.45, 2.75) is 13.1 Å². The number of ether oxygens (including phenoxy) is 2. The van der Waals surface area contributed by atoms with Gasteiger partial charge in [-0.05, 0) is 24.6 Å². The second-order valence-electron chi connectivity index (χ2n) is 4.63. The summed E-state index contributed by atoms with van der Waals surface area (Å²) in [5.74, 6) is -0.522. The summed E-state index contributed by atoms with van der Waals surface area (Å²) in [6.45, 7) is -0.206. The molecule has 0 N–H and O–H groups in total. The molecule has 1 aromatic heterocycles. The van der Waals surface area contributed by atoms with E-state index in [0.29, 0.717) is 11.1 Å². The fourth-order valence-corrected chi connectivity index (χ4v) is 1.84. The number of hydrogen-bond acceptors (Lipinski definition) is 5. The highest BCUT2D eigenvalue weighted by atomic mass is 19.4. The predicted molar refractivity (Wildman–Crippen MR) is 75.6 cm³/mol. The number of Topliss-reactive ketones (excluding diaryl/α,β-unsaturated/α-hetero) is 1. The summed E-state index contributed by atoms with van der Waals surface area (Å²) in [6, 6.07) is 4.48. The lowest BCUT2D eigenvalue weighted by Crippen LogP contribution is -2.20. The number of halogens is 3. The van der Waals surface area contributed by atoms with Gasteiger partial charge in [0.25, 0.3) is 0 Å². The van der Waals surface area contributed by atoms with Crippen LogP contribution in [-0.4, -0.2) is 35.6 Å². The maximum atomic E-state index is 12.3. The van der Waals surface area contributed by atoms with Gasteiger partial charge in [-0.3, -0.25) is 4.79 Å². The first-order valence-electron chi connectivity index (χ1n) is 6.51. The molecule has 0 bridgehead atoms. The Balaban J connectivity index is 2.32. The molecule has 0 aliphatic rings. The number of aromatic nitrogens is 2. The SMILES string of the molecule is COc1ncc(-c2ccc(OCC(F)(F)F)c(C(C)=O)c2)cn1. The number of alkyl halides is 3. The molecule has 23 heavy (non-hydrogen) atoms. The summed E-state index contributed by atoms with van der Waals surface area (Å²) in [7, 11) is 1.43. The van der Waals surface area contributed by atoms with Crippen molar-refractivity contribution in [2.24, 2.45) is 0 Å². The van der Waals surface area contributed by atoms with Gasteiger partial charge < -0.3 is 9.47 Å². The van der Waals surface area contributed by atoms with Crippen molar-refractivity contribution in [3.63, 3.8) is 0 Å². The van der Waals surface area contributed by atoms with Crippen LogP contribution in [0.2, 0.25) is 0 Å². The minimum Gasteiger partial charge on any atom is -0.483 e. The Labute approximate surface area is 130 Å². The van der Waals surface area contributed by atoms with Crippen LogP contribution in [0.15, 0.2) is 30.6 Å². The third-order valence-electron chi connectivity index (χ3n) is 2.89. The van der Waals surface area contributed by atoms with E-state index in [4.69, 9.17) is 9.47 Å². The molecule has 0 radical (unpaired) electrons.